The first-order valence-corrected chi connectivity index (χ1v) is 7.93. The van der Waals surface area contributed by atoms with E-state index in [0.29, 0.717) is 11.3 Å². The average Bonchev–Trinajstić information content (AvgIpc) is 2.68. The molecule has 0 bridgehead atoms. The molecule has 1 unspecified atom stereocenters. The van der Waals surface area contributed by atoms with Crippen molar-refractivity contribution in [2.75, 3.05) is 4.90 Å². The Labute approximate surface area is 137 Å². The van der Waals surface area contributed by atoms with Gasteiger partial charge in [0.1, 0.15) is 5.54 Å². The van der Waals surface area contributed by atoms with Gasteiger partial charge in [-0.2, -0.15) is 5.26 Å². The lowest BCUT2D eigenvalue weighted by Gasteiger charge is -2.28. The predicted molar refractivity (Wildman–Crippen MR) is 88.9 cm³/mol. The summed E-state index contributed by atoms with van der Waals surface area (Å²) < 4.78 is 0. The molecule has 0 aliphatic carbocycles. The largest absolute Gasteiger partial charge is 0.332 e. The number of imide groups is 1. The molecule has 0 N–H and O–H groups in total. The third kappa shape index (κ3) is 2.70. The summed E-state index contributed by atoms with van der Waals surface area (Å²) >= 11 is 0. The van der Waals surface area contributed by atoms with E-state index in [2.05, 4.69) is 6.07 Å². The van der Waals surface area contributed by atoms with Crippen LogP contribution in [0.15, 0.2) is 24.3 Å². The van der Waals surface area contributed by atoms with E-state index in [1.54, 1.807) is 38.1 Å². The van der Waals surface area contributed by atoms with E-state index in [9.17, 15) is 9.59 Å². The fourth-order valence-corrected chi connectivity index (χ4v) is 3.19. The van der Waals surface area contributed by atoms with Gasteiger partial charge in [-0.15, -0.1) is 0 Å². The molecule has 0 spiro atoms. The van der Waals surface area contributed by atoms with Gasteiger partial charge in [0.25, 0.3) is 5.91 Å². The predicted octanol–water partition coefficient (Wildman–Crippen LogP) is 3.54. The highest BCUT2D eigenvalue weighted by atomic mass is 16.2. The number of nitriles is 1. The van der Waals surface area contributed by atoms with Crippen LogP contribution in [-0.4, -0.2) is 28.4 Å². The van der Waals surface area contributed by atoms with Crippen molar-refractivity contribution in [1.29, 1.82) is 5.26 Å². The minimum absolute atomic E-state index is 0.113. The smallest absolute Gasteiger partial charge is 0.279 e. The summed E-state index contributed by atoms with van der Waals surface area (Å²) in [5, 5.41) is 8.91. The summed E-state index contributed by atoms with van der Waals surface area (Å²) in [6, 6.07) is 8.40. The summed E-state index contributed by atoms with van der Waals surface area (Å²) in [4.78, 5) is 28.8. The molecule has 1 saturated heterocycles. The Morgan fingerprint density at radius 1 is 1.17 bits per heavy atom. The van der Waals surface area contributed by atoms with Crippen molar-refractivity contribution < 1.29 is 9.59 Å². The molecule has 122 valence electrons. The highest BCUT2D eigenvalue weighted by Crippen LogP contribution is 2.36. The molecule has 1 aromatic rings. The van der Waals surface area contributed by atoms with Crippen LogP contribution in [0.3, 0.4) is 0 Å². The van der Waals surface area contributed by atoms with Gasteiger partial charge in [0.2, 0.25) is 0 Å². The fourth-order valence-electron chi connectivity index (χ4n) is 3.19. The lowest BCUT2D eigenvalue weighted by Crippen LogP contribution is -2.45. The highest BCUT2D eigenvalue weighted by molar-refractivity contribution is 6.16. The number of anilines is 1. The minimum atomic E-state index is -0.937. The molecular formula is C18H23N3O2. The normalized spacial score (nSPS) is 18.5. The molecule has 1 aliphatic heterocycles. The van der Waals surface area contributed by atoms with Gasteiger partial charge in [-0.25, -0.2) is 4.79 Å². The summed E-state index contributed by atoms with van der Waals surface area (Å²) in [6.45, 7) is 9.55. The Bertz CT molecular complexity index is 656. The molecule has 1 atom stereocenters. The highest BCUT2D eigenvalue weighted by Gasteiger charge is 2.54. The zero-order valence-corrected chi connectivity index (χ0v) is 14.3. The van der Waals surface area contributed by atoms with Gasteiger partial charge >= 0.3 is 6.03 Å². The second-order valence-corrected chi connectivity index (χ2v) is 6.73. The number of benzene rings is 1. The average molecular weight is 313 g/mol. The van der Waals surface area contributed by atoms with Crippen LogP contribution in [0.1, 0.15) is 46.6 Å². The van der Waals surface area contributed by atoms with Crippen molar-refractivity contribution in [1.82, 2.24) is 4.90 Å². The molecular weight excluding hydrogens is 290 g/mol. The lowest BCUT2D eigenvalue weighted by atomic mass is 9.98. The maximum absolute atomic E-state index is 13.0. The van der Waals surface area contributed by atoms with Crippen LogP contribution < -0.4 is 4.90 Å². The third-order valence-corrected chi connectivity index (χ3v) is 4.47. The molecule has 3 amide bonds. The SMILES string of the molecule is CCC(C(C)C)N1C(=O)N(c2ccc(C#N)cc2)C(C)(C)C1=O. The molecule has 1 aromatic carbocycles. The van der Waals surface area contributed by atoms with Crippen molar-refractivity contribution in [3.63, 3.8) is 0 Å². The molecule has 1 fully saturated rings. The molecule has 5 heteroatoms. The van der Waals surface area contributed by atoms with Crippen LogP contribution in [0, 0.1) is 17.2 Å². The Balaban J connectivity index is 2.46. The minimum Gasteiger partial charge on any atom is -0.279 e. The second-order valence-electron chi connectivity index (χ2n) is 6.73. The van der Waals surface area contributed by atoms with Crippen LogP contribution in [0.25, 0.3) is 0 Å². The molecule has 0 aromatic heterocycles. The van der Waals surface area contributed by atoms with E-state index in [1.807, 2.05) is 20.8 Å². The molecule has 0 saturated carbocycles. The monoisotopic (exact) mass is 313 g/mol. The van der Waals surface area contributed by atoms with E-state index in [0.717, 1.165) is 6.42 Å². The van der Waals surface area contributed by atoms with Gasteiger partial charge in [-0.05, 0) is 50.5 Å². The second kappa shape index (κ2) is 6.04. The van der Waals surface area contributed by atoms with Gasteiger partial charge in [0, 0.05) is 11.7 Å². The summed E-state index contributed by atoms with van der Waals surface area (Å²) in [5.74, 6) is 0.0250. The Morgan fingerprint density at radius 3 is 2.17 bits per heavy atom. The van der Waals surface area contributed by atoms with Gasteiger partial charge in [-0.3, -0.25) is 14.6 Å². The van der Waals surface area contributed by atoms with E-state index < -0.39 is 5.54 Å². The van der Waals surface area contributed by atoms with Gasteiger partial charge < -0.3 is 0 Å². The van der Waals surface area contributed by atoms with Crippen LogP contribution in [0.2, 0.25) is 0 Å². The Hall–Kier alpha value is -2.35. The molecule has 2 rings (SSSR count). The lowest BCUT2D eigenvalue weighted by molar-refractivity contribution is -0.132. The van der Waals surface area contributed by atoms with Crippen molar-refractivity contribution in [3.05, 3.63) is 29.8 Å². The summed E-state index contributed by atoms with van der Waals surface area (Å²) in [7, 11) is 0. The van der Waals surface area contributed by atoms with Crippen molar-refractivity contribution in [2.45, 2.75) is 52.6 Å². The Kier molecular flexibility index (Phi) is 4.46. The Morgan fingerprint density at radius 2 is 1.74 bits per heavy atom. The zero-order chi connectivity index (χ0) is 17.4. The van der Waals surface area contributed by atoms with Crippen LogP contribution >= 0.6 is 0 Å². The summed E-state index contributed by atoms with van der Waals surface area (Å²) in [5.41, 5.74) is 0.219. The van der Waals surface area contributed by atoms with E-state index in [-0.39, 0.29) is 23.9 Å². The number of amides is 3. The van der Waals surface area contributed by atoms with Gasteiger partial charge in [-0.1, -0.05) is 20.8 Å². The number of nitrogens with zero attached hydrogens (tertiary/aromatic N) is 3. The van der Waals surface area contributed by atoms with Crippen LogP contribution in [0.4, 0.5) is 10.5 Å². The van der Waals surface area contributed by atoms with E-state index >= 15 is 0 Å². The van der Waals surface area contributed by atoms with E-state index in [4.69, 9.17) is 5.26 Å². The van der Waals surface area contributed by atoms with Crippen molar-refractivity contribution in [3.8, 4) is 6.07 Å². The molecule has 5 nitrogen and oxygen atoms in total. The maximum Gasteiger partial charge on any atom is 0.332 e. The van der Waals surface area contributed by atoms with Crippen molar-refractivity contribution >= 4 is 17.6 Å². The number of rotatable bonds is 4. The molecule has 1 aliphatic rings. The van der Waals surface area contributed by atoms with Crippen LogP contribution in [-0.2, 0) is 4.79 Å². The number of hydrogen-bond donors (Lipinski definition) is 0. The van der Waals surface area contributed by atoms with Gasteiger partial charge in [0.15, 0.2) is 0 Å². The maximum atomic E-state index is 13.0. The first-order chi connectivity index (χ1) is 10.8. The fraction of sp³-hybridized carbons (Fsp3) is 0.500. The molecule has 0 radical (unpaired) electrons. The molecule has 1 heterocycles. The van der Waals surface area contributed by atoms with Gasteiger partial charge in [0.05, 0.1) is 11.6 Å². The topological polar surface area (TPSA) is 64.4 Å². The quantitative estimate of drug-likeness (QED) is 0.799. The first kappa shape index (κ1) is 17.0. The molecule has 23 heavy (non-hydrogen) atoms. The van der Waals surface area contributed by atoms with E-state index in [1.165, 1.54) is 9.80 Å². The number of urea groups is 1. The van der Waals surface area contributed by atoms with Crippen molar-refractivity contribution in [2.24, 2.45) is 5.92 Å². The third-order valence-electron chi connectivity index (χ3n) is 4.47. The summed E-state index contributed by atoms with van der Waals surface area (Å²) in [6.07, 6.45) is 0.729. The zero-order valence-electron chi connectivity index (χ0n) is 14.3. The number of carbonyl (C=O) groups excluding carboxylic acids is 2. The first-order valence-electron chi connectivity index (χ1n) is 7.93. The standard InChI is InChI=1S/C18H23N3O2/c1-6-15(12(2)3)20-16(22)18(4,5)21(17(20)23)14-9-7-13(11-19)8-10-14/h7-10,12,15H,6H2,1-5H3. The number of carbonyl (C=O) groups is 2. The van der Waals surface area contributed by atoms with Crippen LogP contribution in [0.5, 0.6) is 0 Å². The number of hydrogen-bond acceptors (Lipinski definition) is 3.